The van der Waals surface area contributed by atoms with Crippen molar-refractivity contribution >= 4 is 15.7 Å². The molecule has 0 saturated carbocycles. The molecule has 0 bridgehead atoms. The number of hydrogen-bond donors (Lipinski definition) is 1. The van der Waals surface area contributed by atoms with Crippen LogP contribution in [0.5, 0.6) is 0 Å². The quantitative estimate of drug-likeness (QED) is 0.875. The average molecular weight is 387 g/mol. The van der Waals surface area contributed by atoms with Gasteiger partial charge in [-0.15, -0.1) is 0 Å². The number of amides is 1. The molecule has 1 aliphatic heterocycles. The first-order chi connectivity index (χ1) is 12.1. The predicted molar refractivity (Wildman–Crippen MR) is 87.8 cm³/mol. The second-order valence-electron chi connectivity index (χ2n) is 6.18. The zero-order chi connectivity index (χ0) is 19.1. The Morgan fingerprint density at radius 1 is 1.35 bits per heavy atom. The monoisotopic (exact) mass is 387 g/mol. The molecule has 0 radical (unpaired) electrons. The Balaban J connectivity index is 1.83. The molecule has 1 N–H and O–H groups in total. The Bertz CT molecular complexity index is 951. The minimum absolute atomic E-state index is 0.0282. The summed E-state index contributed by atoms with van der Waals surface area (Å²) >= 11 is 0. The zero-order valence-corrected chi connectivity index (χ0v) is 14.6. The summed E-state index contributed by atoms with van der Waals surface area (Å²) in [4.78, 5) is 12.4. The smallest absolute Gasteiger partial charge is 0.348 e. The van der Waals surface area contributed by atoms with Crippen LogP contribution in [0.3, 0.4) is 0 Å². The van der Waals surface area contributed by atoms with Crippen molar-refractivity contribution < 1.29 is 26.4 Å². The van der Waals surface area contributed by atoms with Crippen LogP contribution in [0.2, 0.25) is 0 Å². The van der Waals surface area contributed by atoms with E-state index in [0.717, 1.165) is 12.1 Å². The molecule has 6 nitrogen and oxygen atoms in total. The van der Waals surface area contributed by atoms with Gasteiger partial charge < -0.3 is 5.32 Å². The topological polar surface area (TPSA) is 81.1 Å². The summed E-state index contributed by atoms with van der Waals surface area (Å²) in [5, 5.41) is 6.64. The van der Waals surface area contributed by atoms with Gasteiger partial charge in [-0.1, -0.05) is 6.07 Å². The van der Waals surface area contributed by atoms with E-state index in [2.05, 4.69) is 10.4 Å². The summed E-state index contributed by atoms with van der Waals surface area (Å²) in [5.74, 6) is -0.581. The fraction of sp³-hybridized carbons (Fsp3) is 0.375. The molecule has 1 saturated heterocycles. The standard InChI is InChI=1S/C16H16F3N3O3S/c1-10-14(15(23)21-12-5-6-26(24,25)9-12)8-20-22(10)13-4-2-3-11(7-13)16(17,18)19/h2-4,7-8,12H,5-6,9H2,1H3,(H,21,23)/t12-/m0/s1. The van der Waals surface area contributed by atoms with Gasteiger partial charge in [0.15, 0.2) is 9.84 Å². The number of carbonyl (C=O) groups is 1. The van der Waals surface area contributed by atoms with Crippen LogP contribution < -0.4 is 5.32 Å². The molecule has 0 aliphatic carbocycles. The van der Waals surface area contributed by atoms with E-state index in [1.807, 2.05) is 0 Å². The normalized spacial score (nSPS) is 19.5. The van der Waals surface area contributed by atoms with Gasteiger partial charge in [-0.3, -0.25) is 4.79 Å². The number of rotatable bonds is 3. The van der Waals surface area contributed by atoms with Crippen molar-refractivity contribution in [1.29, 1.82) is 0 Å². The molecule has 2 heterocycles. The molecule has 10 heteroatoms. The first-order valence-electron chi connectivity index (χ1n) is 7.80. The maximum absolute atomic E-state index is 12.9. The highest BCUT2D eigenvalue weighted by Gasteiger charge is 2.31. The molecule has 3 rings (SSSR count). The third-order valence-corrected chi connectivity index (χ3v) is 6.01. The van der Waals surface area contributed by atoms with Gasteiger partial charge in [0.25, 0.3) is 5.91 Å². The molecule has 1 aliphatic rings. The zero-order valence-electron chi connectivity index (χ0n) is 13.7. The number of hydrogen-bond acceptors (Lipinski definition) is 4. The summed E-state index contributed by atoms with van der Waals surface area (Å²) in [7, 11) is -3.13. The molecule has 1 fully saturated rings. The molecule has 1 atom stereocenters. The number of benzene rings is 1. The molecule has 0 unspecified atom stereocenters. The van der Waals surface area contributed by atoms with Crippen LogP contribution in [-0.4, -0.2) is 41.7 Å². The molecule has 1 aromatic carbocycles. The van der Waals surface area contributed by atoms with Crippen LogP contribution in [0.15, 0.2) is 30.5 Å². The minimum Gasteiger partial charge on any atom is -0.348 e. The highest BCUT2D eigenvalue weighted by Crippen LogP contribution is 2.30. The Hall–Kier alpha value is -2.36. The van der Waals surface area contributed by atoms with Crippen LogP contribution in [0.4, 0.5) is 13.2 Å². The predicted octanol–water partition coefficient (Wildman–Crippen LogP) is 2.12. The van der Waals surface area contributed by atoms with Gasteiger partial charge in [0, 0.05) is 6.04 Å². The lowest BCUT2D eigenvalue weighted by Crippen LogP contribution is -2.35. The van der Waals surface area contributed by atoms with E-state index in [0.29, 0.717) is 12.1 Å². The maximum Gasteiger partial charge on any atom is 0.416 e. The largest absolute Gasteiger partial charge is 0.416 e. The van der Waals surface area contributed by atoms with Crippen molar-refractivity contribution in [3.8, 4) is 5.69 Å². The Morgan fingerprint density at radius 2 is 2.08 bits per heavy atom. The molecular weight excluding hydrogens is 371 g/mol. The van der Waals surface area contributed by atoms with E-state index in [-0.39, 0.29) is 22.8 Å². The van der Waals surface area contributed by atoms with E-state index in [1.165, 1.54) is 23.0 Å². The number of nitrogens with one attached hydrogen (secondary N) is 1. The summed E-state index contributed by atoms with van der Waals surface area (Å²) in [6.07, 6.45) is -2.88. The van der Waals surface area contributed by atoms with Gasteiger partial charge >= 0.3 is 6.18 Å². The Morgan fingerprint density at radius 3 is 2.69 bits per heavy atom. The minimum atomic E-state index is -4.48. The van der Waals surface area contributed by atoms with Crippen molar-refractivity contribution in [2.75, 3.05) is 11.5 Å². The van der Waals surface area contributed by atoms with E-state index in [9.17, 15) is 26.4 Å². The van der Waals surface area contributed by atoms with Crippen LogP contribution in [0.1, 0.15) is 28.0 Å². The second kappa shape index (κ2) is 6.42. The number of alkyl halides is 3. The number of aromatic nitrogens is 2. The van der Waals surface area contributed by atoms with Crippen LogP contribution >= 0.6 is 0 Å². The number of nitrogens with zero attached hydrogens (tertiary/aromatic N) is 2. The van der Waals surface area contributed by atoms with Crippen LogP contribution in [0.25, 0.3) is 5.69 Å². The van der Waals surface area contributed by atoms with Crippen molar-refractivity contribution in [2.45, 2.75) is 25.6 Å². The molecule has 1 aromatic heterocycles. The Labute approximate surface area is 147 Å². The van der Waals surface area contributed by atoms with Crippen molar-refractivity contribution in [1.82, 2.24) is 15.1 Å². The fourth-order valence-corrected chi connectivity index (χ4v) is 4.55. The molecular formula is C16H16F3N3O3S. The lowest BCUT2D eigenvalue weighted by molar-refractivity contribution is -0.137. The molecule has 1 amide bonds. The first kappa shape index (κ1) is 18.4. The summed E-state index contributed by atoms with van der Waals surface area (Å²) in [6, 6.07) is 4.16. The van der Waals surface area contributed by atoms with E-state index in [4.69, 9.17) is 0 Å². The Kier molecular flexibility index (Phi) is 4.55. The molecule has 140 valence electrons. The average Bonchev–Trinajstić information content (AvgIpc) is 3.09. The van der Waals surface area contributed by atoms with Crippen molar-refractivity contribution in [2.24, 2.45) is 0 Å². The van der Waals surface area contributed by atoms with E-state index in [1.54, 1.807) is 6.92 Å². The lowest BCUT2D eigenvalue weighted by atomic mass is 10.2. The van der Waals surface area contributed by atoms with Gasteiger partial charge in [-0.25, -0.2) is 13.1 Å². The third-order valence-electron chi connectivity index (χ3n) is 4.24. The summed E-state index contributed by atoms with van der Waals surface area (Å²) < 4.78 is 62.8. The van der Waals surface area contributed by atoms with E-state index < -0.39 is 33.5 Å². The first-order valence-corrected chi connectivity index (χ1v) is 9.62. The van der Waals surface area contributed by atoms with Crippen LogP contribution in [-0.2, 0) is 16.0 Å². The van der Waals surface area contributed by atoms with Gasteiger partial charge in [0.2, 0.25) is 0 Å². The molecule has 26 heavy (non-hydrogen) atoms. The van der Waals surface area contributed by atoms with Crippen molar-refractivity contribution in [3.63, 3.8) is 0 Å². The lowest BCUT2D eigenvalue weighted by Gasteiger charge is -2.12. The summed E-state index contributed by atoms with van der Waals surface area (Å²) in [5.41, 5.74) is -0.0822. The van der Waals surface area contributed by atoms with Gasteiger partial charge in [0.05, 0.1) is 40.2 Å². The third kappa shape index (κ3) is 3.74. The number of carbonyl (C=O) groups excluding carboxylic acids is 1. The van der Waals surface area contributed by atoms with Crippen LogP contribution in [0, 0.1) is 6.92 Å². The highest BCUT2D eigenvalue weighted by atomic mass is 32.2. The van der Waals surface area contributed by atoms with Gasteiger partial charge in [-0.05, 0) is 31.5 Å². The molecule has 2 aromatic rings. The van der Waals surface area contributed by atoms with Gasteiger partial charge in [-0.2, -0.15) is 18.3 Å². The number of halogens is 3. The summed E-state index contributed by atoms with van der Waals surface area (Å²) in [6.45, 7) is 1.56. The van der Waals surface area contributed by atoms with Gasteiger partial charge in [0.1, 0.15) is 0 Å². The fourth-order valence-electron chi connectivity index (χ4n) is 2.88. The number of sulfone groups is 1. The second-order valence-corrected chi connectivity index (χ2v) is 8.41. The van der Waals surface area contributed by atoms with E-state index >= 15 is 0 Å². The van der Waals surface area contributed by atoms with Crippen molar-refractivity contribution in [3.05, 3.63) is 47.3 Å². The maximum atomic E-state index is 12.9. The SMILES string of the molecule is Cc1c(C(=O)N[C@H]2CCS(=O)(=O)C2)cnn1-c1cccc(C(F)(F)F)c1. The molecule has 0 spiro atoms. The highest BCUT2D eigenvalue weighted by molar-refractivity contribution is 7.91.